The monoisotopic (exact) mass is 300 g/mol. The Morgan fingerprint density at radius 2 is 1.71 bits per heavy atom. The summed E-state index contributed by atoms with van der Waals surface area (Å²) in [5.74, 6) is -2.13. The van der Waals surface area contributed by atoms with Gasteiger partial charge in [0.15, 0.2) is 5.78 Å². The summed E-state index contributed by atoms with van der Waals surface area (Å²) in [5.41, 5.74) is 0.635. The minimum Gasteiger partial charge on any atom is -0.475 e. The molecule has 0 bridgehead atoms. The minimum absolute atomic E-state index is 0.0192. The van der Waals surface area contributed by atoms with Gasteiger partial charge in [-0.25, -0.2) is 4.79 Å². The first-order valence-electron chi connectivity index (χ1n) is 6.13. The highest BCUT2D eigenvalue weighted by Gasteiger charge is 2.27. The highest BCUT2D eigenvalue weighted by molar-refractivity contribution is 6.37. The van der Waals surface area contributed by atoms with E-state index in [2.05, 4.69) is 0 Å². The van der Waals surface area contributed by atoms with Crippen LogP contribution in [0.4, 0.5) is 0 Å². The van der Waals surface area contributed by atoms with Crippen molar-refractivity contribution in [2.75, 3.05) is 0 Å². The average molecular weight is 301 g/mol. The Morgan fingerprint density at radius 3 is 2.38 bits per heavy atom. The molecule has 21 heavy (non-hydrogen) atoms. The van der Waals surface area contributed by atoms with Gasteiger partial charge in [-0.15, -0.1) is 0 Å². The van der Waals surface area contributed by atoms with E-state index in [1.54, 1.807) is 48.5 Å². The molecule has 2 aromatic carbocycles. The number of carboxylic acid groups (broad SMARTS) is 1. The number of ketones is 1. The molecule has 104 valence electrons. The summed E-state index contributed by atoms with van der Waals surface area (Å²) >= 11 is 6.11. The lowest BCUT2D eigenvalue weighted by atomic mass is 10.00. The van der Waals surface area contributed by atoms with Crippen molar-refractivity contribution in [1.82, 2.24) is 0 Å². The van der Waals surface area contributed by atoms with Crippen molar-refractivity contribution in [3.63, 3.8) is 0 Å². The van der Waals surface area contributed by atoms with Crippen LogP contribution in [0.25, 0.3) is 11.0 Å². The lowest BCUT2D eigenvalue weighted by molar-refractivity contribution is 0.0660. The van der Waals surface area contributed by atoms with E-state index in [1.807, 2.05) is 0 Å². The molecule has 0 unspecified atom stereocenters. The number of aromatic carboxylic acids is 1. The van der Waals surface area contributed by atoms with Crippen LogP contribution in [0.5, 0.6) is 0 Å². The van der Waals surface area contributed by atoms with Gasteiger partial charge in [0.25, 0.3) is 0 Å². The first-order valence-corrected chi connectivity index (χ1v) is 6.51. The maximum Gasteiger partial charge on any atom is 0.372 e. The molecule has 0 radical (unpaired) electrons. The topological polar surface area (TPSA) is 67.5 Å². The van der Waals surface area contributed by atoms with E-state index >= 15 is 0 Å². The molecule has 0 atom stereocenters. The number of benzene rings is 2. The molecule has 3 rings (SSSR count). The summed E-state index contributed by atoms with van der Waals surface area (Å²) in [4.78, 5) is 24.0. The van der Waals surface area contributed by atoms with Crippen molar-refractivity contribution in [3.8, 4) is 0 Å². The molecule has 0 amide bonds. The summed E-state index contributed by atoms with van der Waals surface area (Å²) in [6.45, 7) is 0. The lowest BCUT2D eigenvalue weighted by Gasteiger charge is -2.01. The Bertz CT molecular complexity index is 849. The number of carbonyl (C=O) groups excluding carboxylic acids is 1. The standard InChI is InChI=1S/C16H9ClO4/c17-10-7-4-8-11-12(10)13(15(21-11)16(19)20)14(18)9-5-2-1-3-6-9/h1-8H,(H,19,20). The van der Waals surface area contributed by atoms with Gasteiger partial charge in [0.2, 0.25) is 5.76 Å². The van der Waals surface area contributed by atoms with Crippen LogP contribution in [-0.2, 0) is 0 Å². The molecule has 0 fully saturated rings. The molecule has 5 heteroatoms. The second-order valence-corrected chi connectivity index (χ2v) is 4.83. The first kappa shape index (κ1) is 13.4. The number of hydrogen-bond donors (Lipinski definition) is 1. The third kappa shape index (κ3) is 2.19. The summed E-state index contributed by atoms with van der Waals surface area (Å²) in [6, 6.07) is 13.2. The average Bonchev–Trinajstić information content (AvgIpc) is 2.88. The van der Waals surface area contributed by atoms with Crippen molar-refractivity contribution < 1.29 is 19.1 Å². The molecule has 0 spiro atoms. The van der Waals surface area contributed by atoms with Crippen LogP contribution in [0.15, 0.2) is 52.9 Å². The van der Waals surface area contributed by atoms with Gasteiger partial charge in [0.1, 0.15) is 5.58 Å². The van der Waals surface area contributed by atoms with Gasteiger partial charge in [-0.3, -0.25) is 4.79 Å². The number of carboxylic acids is 1. The van der Waals surface area contributed by atoms with Crippen LogP contribution in [0, 0.1) is 0 Å². The fourth-order valence-corrected chi connectivity index (χ4v) is 2.47. The van der Waals surface area contributed by atoms with Crippen LogP contribution >= 0.6 is 11.6 Å². The van der Waals surface area contributed by atoms with Crippen molar-refractivity contribution in [3.05, 3.63) is 70.4 Å². The maximum absolute atomic E-state index is 12.6. The molecule has 3 aromatic rings. The smallest absolute Gasteiger partial charge is 0.372 e. The van der Waals surface area contributed by atoms with E-state index < -0.39 is 17.5 Å². The zero-order chi connectivity index (χ0) is 15.0. The highest BCUT2D eigenvalue weighted by Crippen LogP contribution is 2.33. The van der Waals surface area contributed by atoms with Gasteiger partial charge in [-0.05, 0) is 12.1 Å². The Kier molecular flexibility index (Phi) is 3.23. The Hall–Kier alpha value is -2.59. The molecule has 0 aliphatic heterocycles. The summed E-state index contributed by atoms with van der Waals surface area (Å²) in [7, 11) is 0. The van der Waals surface area contributed by atoms with Gasteiger partial charge in [0, 0.05) is 5.56 Å². The Balaban J connectivity index is 2.32. The SMILES string of the molecule is O=C(O)c1oc2cccc(Cl)c2c1C(=O)c1ccccc1. The summed E-state index contributed by atoms with van der Waals surface area (Å²) in [5, 5.41) is 9.87. The van der Waals surface area contributed by atoms with Crippen molar-refractivity contribution in [2.45, 2.75) is 0 Å². The number of carbonyl (C=O) groups is 2. The minimum atomic E-state index is -1.30. The predicted octanol–water partition coefficient (Wildman–Crippen LogP) is 4.02. The van der Waals surface area contributed by atoms with E-state index in [0.717, 1.165) is 0 Å². The van der Waals surface area contributed by atoms with E-state index in [1.165, 1.54) is 0 Å². The van der Waals surface area contributed by atoms with Crippen LogP contribution < -0.4 is 0 Å². The molecule has 1 heterocycles. The van der Waals surface area contributed by atoms with Gasteiger partial charge >= 0.3 is 5.97 Å². The lowest BCUT2D eigenvalue weighted by Crippen LogP contribution is -2.07. The summed E-state index contributed by atoms with van der Waals surface area (Å²) < 4.78 is 5.28. The maximum atomic E-state index is 12.6. The van der Waals surface area contributed by atoms with Crippen molar-refractivity contribution in [2.24, 2.45) is 0 Å². The molecular formula is C16H9ClO4. The van der Waals surface area contributed by atoms with E-state index in [-0.39, 0.29) is 16.2 Å². The number of hydrogen-bond acceptors (Lipinski definition) is 3. The second-order valence-electron chi connectivity index (χ2n) is 4.42. The van der Waals surface area contributed by atoms with E-state index in [0.29, 0.717) is 10.9 Å². The molecule has 0 saturated carbocycles. The van der Waals surface area contributed by atoms with E-state index in [4.69, 9.17) is 16.0 Å². The van der Waals surface area contributed by atoms with Crippen LogP contribution in [0.1, 0.15) is 26.5 Å². The van der Waals surface area contributed by atoms with E-state index in [9.17, 15) is 14.7 Å². The molecule has 0 aliphatic rings. The Morgan fingerprint density at radius 1 is 1.00 bits per heavy atom. The zero-order valence-electron chi connectivity index (χ0n) is 10.7. The highest BCUT2D eigenvalue weighted by atomic mass is 35.5. The van der Waals surface area contributed by atoms with Crippen molar-refractivity contribution in [1.29, 1.82) is 0 Å². The number of fused-ring (bicyclic) bond motifs is 1. The normalized spacial score (nSPS) is 10.7. The van der Waals surface area contributed by atoms with Crippen LogP contribution in [-0.4, -0.2) is 16.9 Å². The van der Waals surface area contributed by atoms with Crippen molar-refractivity contribution >= 4 is 34.3 Å². The van der Waals surface area contributed by atoms with Crippen LogP contribution in [0.2, 0.25) is 5.02 Å². The molecule has 4 nitrogen and oxygen atoms in total. The molecular weight excluding hydrogens is 292 g/mol. The van der Waals surface area contributed by atoms with Crippen LogP contribution in [0.3, 0.4) is 0 Å². The van der Waals surface area contributed by atoms with Gasteiger partial charge in [-0.2, -0.15) is 0 Å². The number of halogens is 1. The fourth-order valence-electron chi connectivity index (χ4n) is 2.21. The molecule has 0 saturated heterocycles. The third-order valence-electron chi connectivity index (χ3n) is 3.12. The number of rotatable bonds is 3. The van der Waals surface area contributed by atoms with Gasteiger partial charge in [0.05, 0.1) is 16.0 Å². The molecule has 0 aliphatic carbocycles. The third-order valence-corrected chi connectivity index (χ3v) is 3.44. The Labute approximate surface area is 124 Å². The quantitative estimate of drug-likeness (QED) is 0.742. The fraction of sp³-hybridized carbons (Fsp3) is 0. The number of furan rings is 1. The first-order chi connectivity index (χ1) is 10.1. The van der Waals surface area contributed by atoms with Gasteiger partial charge in [-0.1, -0.05) is 48.0 Å². The largest absolute Gasteiger partial charge is 0.475 e. The molecule has 1 aromatic heterocycles. The summed E-state index contributed by atoms with van der Waals surface area (Å²) in [6.07, 6.45) is 0. The van der Waals surface area contributed by atoms with Gasteiger partial charge < -0.3 is 9.52 Å². The predicted molar refractivity (Wildman–Crippen MR) is 78.1 cm³/mol. The molecule has 1 N–H and O–H groups in total. The zero-order valence-corrected chi connectivity index (χ0v) is 11.4. The second kappa shape index (κ2) is 5.07.